The van der Waals surface area contributed by atoms with Gasteiger partial charge >= 0.3 is 0 Å². The third-order valence-electron chi connectivity index (χ3n) is 1.72. The lowest BCUT2D eigenvalue weighted by Gasteiger charge is -1.96. The SMILES string of the molecule is O=C(CCC=CF)c1ccccc1. The number of rotatable bonds is 4. The van der Waals surface area contributed by atoms with Crippen LogP contribution in [0.3, 0.4) is 0 Å². The molecule has 1 aromatic rings. The largest absolute Gasteiger partial charge is 0.294 e. The van der Waals surface area contributed by atoms with Crippen LogP contribution in [-0.4, -0.2) is 5.78 Å². The number of ketones is 1. The lowest BCUT2D eigenvalue weighted by molar-refractivity contribution is 0.0983. The van der Waals surface area contributed by atoms with Gasteiger partial charge in [0, 0.05) is 12.0 Å². The molecule has 0 amide bonds. The number of carbonyl (C=O) groups is 1. The molecule has 0 bridgehead atoms. The van der Waals surface area contributed by atoms with E-state index < -0.39 is 0 Å². The fraction of sp³-hybridized carbons (Fsp3) is 0.182. The van der Waals surface area contributed by atoms with E-state index >= 15 is 0 Å². The highest BCUT2D eigenvalue weighted by Gasteiger charge is 2.02. The highest BCUT2D eigenvalue weighted by molar-refractivity contribution is 5.96. The molecule has 0 aliphatic carbocycles. The minimum atomic E-state index is 0.0544. The molecule has 13 heavy (non-hydrogen) atoms. The molecule has 0 radical (unpaired) electrons. The summed E-state index contributed by atoms with van der Waals surface area (Å²) in [6.45, 7) is 0. The zero-order chi connectivity index (χ0) is 9.52. The average Bonchev–Trinajstić information content (AvgIpc) is 2.19. The predicted molar refractivity (Wildman–Crippen MR) is 50.3 cm³/mol. The first-order valence-electron chi connectivity index (χ1n) is 4.18. The summed E-state index contributed by atoms with van der Waals surface area (Å²) in [5, 5.41) is 0. The van der Waals surface area contributed by atoms with Crippen molar-refractivity contribution in [2.45, 2.75) is 12.8 Å². The molecule has 0 fully saturated rings. The summed E-state index contributed by atoms with van der Waals surface area (Å²) in [5.41, 5.74) is 0.690. The Bertz CT molecular complexity index is 290. The molecule has 1 aromatic carbocycles. The van der Waals surface area contributed by atoms with Crippen LogP contribution in [-0.2, 0) is 0 Å². The van der Waals surface area contributed by atoms with Gasteiger partial charge in [-0.3, -0.25) is 4.79 Å². The Kier molecular flexibility index (Phi) is 3.89. The van der Waals surface area contributed by atoms with E-state index in [1.165, 1.54) is 6.08 Å². The second-order valence-corrected chi connectivity index (χ2v) is 2.69. The predicted octanol–water partition coefficient (Wildman–Crippen LogP) is 3.13. The summed E-state index contributed by atoms with van der Waals surface area (Å²) in [7, 11) is 0. The Morgan fingerprint density at radius 2 is 2.00 bits per heavy atom. The molecule has 0 saturated carbocycles. The van der Waals surface area contributed by atoms with Crippen LogP contribution in [0.4, 0.5) is 4.39 Å². The van der Waals surface area contributed by atoms with E-state index in [1.807, 2.05) is 18.2 Å². The normalized spacial score (nSPS) is 10.5. The molecule has 0 saturated heterocycles. The lowest BCUT2D eigenvalue weighted by atomic mass is 10.1. The third kappa shape index (κ3) is 3.20. The molecule has 2 heteroatoms. The standard InChI is InChI=1S/C11H11FO/c12-9-5-4-8-11(13)10-6-2-1-3-7-10/h1-3,5-7,9H,4,8H2. The van der Waals surface area contributed by atoms with Gasteiger partial charge in [0.1, 0.15) is 0 Å². The van der Waals surface area contributed by atoms with Gasteiger partial charge in [-0.05, 0) is 6.42 Å². The first-order valence-corrected chi connectivity index (χ1v) is 4.18. The van der Waals surface area contributed by atoms with Gasteiger partial charge in [0.15, 0.2) is 5.78 Å². The van der Waals surface area contributed by atoms with E-state index in [-0.39, 0.29) is 5.78 Å². The summed E-state index contributed by atoms with van der Waals surface area (Å²) in [6.07, 6.45) is 2.65. The number of carbonyl (C=O) groups excluding carboxylic acids is 1. The first kappa shape index (κ1) is 9.65. The molecule has 1 nitrogen and oxygen atoms in total. The van der Waals surface area contributed by atoms with E-state index in [1.54, 1.807) is 12.1 Å². The van der Waals surface area contributed by atoms with E-state index in [2.05, 4.69) is 0 Å². The van der Waals surface area contributed by atoms with Crippen LogP contribution in [0, 0.1) is 0 Å². The van der Waals surface area contributed by atoms with Gasteiger partial charge < -0.3 is 0 Å². The highest BCUT2D eigenvalue weighted by atomic mass is 19.1. The van der Waals surface area contributed by atoms with Crippen molar-refractivity contribution in [3.63, 3.8) is 0 Å². The van der Waals surface area contributed by atoms with Crippen LogP contribution in [0.2, 0.25) is 0 Å². The summed E-state index contributed by atoms with van der Waals surface area (Å²) >= 11 is 0. The van der Waals surface area contributed by atoms with Crippen molar-refractivity contribution < 1.29 is 9.18 Å². The number of hydrogen-bond donors (Lipinski definition) is 0. The van der Waals surface area contributed by atoms with Crippen molar-refractivity contribution >= 4 is 5.78 Å². The molecule has 0 aliphatic heterocycles. The lowest BCUT2D eigenvalue weighted by Crippen LogP contribution is -1.96. The maximum Gasteiger partial charge on any atom is 0.163 e. The molecular formula is C11H11FO. The monoisotopic (exact) mass is 178 g/mol. The molecule has 0 unspecified atom stereocenters. The van der Waals surface area contributed by atoms with Gasteiger partial charge in [-0.25, -0.2) is 4.39 Å². The Morgan fingerprint density at radius 1 is 1.31 bits per heavy atom. The van der Waals surface area contributed by atoms with Gasteiger partial charge in [0.2, 0.25) is 0 Å². The highest BCUT2D eigenvalue weighted by Crippen LogP contribution is 2.05. The number of allylic oxidation sites excluding steroid dienone is 1. The Hall–Kier alpha value is -1.44. The van der Waals surface area contributed by atoms with Gasteiger partial charge in [-0.1, -0.05) is 36.4 Å². The number of Topliss-reactive ketones (excluding diaryl/α,β-unsaturated/α-hetero) is 1. The molecule has 1 rings (SSSR count). The van der Waals surface area contributed by atoms with Crippen molar-refractivity contribution in [1.82, 2.24) is 0 Å². The molecule has 0 aliphatic rings. The van der Waals surface area contributed by atoms with E-state index in [0.717, 1.165) is 0 Å². The van der Waals surface area contributed by atoms with Crippen LogP contribution in [0.1, 0.15) is 23.2 Å². The quantitative estimate of drug-likeness (QED) is 0.647. The fourth-order valence-electron chi connectivity index (χ4n) is 1.05. The van der Waals surface area contributed by atoms with Crippen LogP contribution in [0.25, 0.3) is 0 Å². The molecule has 0 heterocycles. The van der Waals surface area contributed by atoms with Gasteiger partial charge in [-0.15, -0.1) is 0 Å². The van der Waals surface area contributed by atoms with Crippen molar-refractivity contribution in [3.8, 4) is 0 Å². The second kappa shape index (κ2) is 5.25. The summed E-state index contributed by atoms with van der Waals surface area (Å²) < 4.78 is 11.6. The van der Waals surface area contributed by atoms with Crippen molar-refractivity contribution in [1.29, 1.82) is 0 Å². The second-order valence-electron chi connectivity index (χ2n) is 2.69. The van der Waals surface area contributed by atoms with Crippen LogP contribution >= 0.6 is 0 Å². The fourth-order valence-corrected chi connectivity index (χ4v) is 1.05. The van der Waals surface area contributed by atoms with Crippen molar-refractivity contribution in [2.75, 3.05) is 0 Å². The van der Waals surface area contributed by atoms with Crippen molar-refractivity contribution in [2.24, 2.45) is 0 Å². The minimum Gasteiger partial charge on any atom is -0.294 e. The van der Waals surface area contributed by atoms with Crippen LogP contribution < -0.4 is 0 Å². The maximum absolute atomic E-state index is 11.6. The molecule has 0 aromatic heterocycles. The molecule has 0 N–H and O–H groups in total. The first-order chi connectivity index (χ1) is 6.34. The van der Waals surface area contributed by atoms with Gasteiger partial charge in [-0.2, -0.15) is 0 Å². The maximum atomic E-state index is 11.6. The molecular weight excluding hydrogens is 167 g/mol. The summed E-state index contributed by atoms with van der Waals surface area (Å²) in [4.78, 5) is 11.4. The molecule has 68 valence electrons. The number of halogens is 1. The van der Waals surface area contributed by atoms with E-state index in [4.69, 9.17) is 0 Å². The molecule has 0 spiro atoms. The Balaban J connectivity index is 2.49. The van der Waals surface area contributed by atoms with E-state index in [0.29, 0.717) is 24.7 Å². The number of hydrogen-bond acceptors (Lipinski definition) is 1. The zero-order valence-electron chi connectivity index (χ0n) is 7.24. The Labute approximate surface area is 76.9 Å². The van der Waals surface area contributed by atoms with E-state index in [9.17, 15) is 9.18 Å². The third-order valence-corrected chi connectivity index (χ3v) is 1.72. The van der Waals surface area contributed by atoms with Gasteiger partial charge in [0.25, 0.3) is 0 Å². The average molecular weight is 178 g/mol. The number of benzene rings is 1. The summed E-state index contributed by atoms with van der Waals surface area (Å²) in [5.74, 6) is 0.0544. The molecule has 0 atom stereocenters. The smallest absolute Gasteiger partial charge is 0.163 e. The zero-order valence-corrected chi connectivity index (χ0v) is 7.24. The van der Waals surface area contributed by atoms with Crippen molar-refractivity contribution in [3.05, 3.63) is 48.3 Å². The minimum absolute atomic E-state index is 0.0544. The van der Waals surface area contributed by atoms with Crippen LogP contribution in [0.5, 0.6) is 0 Å². The van der Waals surface area contributed by atoms with Crippen LogP contribution in [0.15, 0.2) is 42.7 Å². The summed E-state index contributed by atoms with van der Waals surface area (Å²) in [6, 6.07) is 9.03. The van der Waals surface area contributed by atoms with Gasteiger partial charge in [0.05, 0.1) is 6.33 Å². The topological polar surface area (TPSA) is 17.1 Å². The Morgan fingerprint density at radius 3 is 2.62 bits per heavy atom.